The minimum absolute atomic E-state index is 0.0280. The Balaban J connectivity index is 1.44. The molecule has 10 heteroatoms. The first kappa shape index (κ1) is 27.1. The Bertz CT molecular complexity index is 1560. The summed E-state index contributed by atoms with van der Waals surface area (Å²) in [6, 6.07) is 29.5. The number of carbonyl (C=O) groups is 2. The zero-order valence-electron chi connectivity index (χ0n) is 20.9. The number of carbonyl (C=O) groups excluding carboxylic acids is 2. The van der Waals surface area contributed by atoms with E-state index < -0.39 is 28.4 Å². The molecule has 39 heavy (non-hydrogen) atoms. The van der Waals surface area contributed by atoms with Gasteiger partial charge in [0.2, 0.25) is 0 Å². The first-order chi connectivity index (χ1) is 18.9. The highest BCUT2D eigenvalue weighted by Crippen LogP contribution is 2.32. The maximum Gasteiger partial charge on any atom is 0.343 e. The molecule has 1 N–H and O–H groups in total. The average Bonchev–Trinajstić information content (AvgIpc) is 2.97. The Kier molecular flexibility index (Phi) is 8.70. The number of hydrogen-bond donors (Lipinski definition) is 1. The molecule has 4 aromatic rings. The molecule has 9 nitrogen and oxygen atoms in total. The van der Waals surface area contributed by atoms with Gasteiger partial charge in [-0.25, -0.2) is 18.6 Å². The molecule has 0 unspecified atom stereocenters. The fourth-order valence-electron chi connectivity index (χ4n) is 3.56. The predicted molar refractivity (Wildman–Crippen MR) is 148 cm³/mol. The van der Waals surface area contributed by atoms with Crippen LogP contribution in [0.25, 0.3) is 0 Å². The van der Waals surface area contributed by atoms with Crippen molar-refractivity contribution in [2.45, 2.75) is 4.90 Å². The van der Waals surface area contributed by atoms with Crippen LogP contribution in [0.4, 0.5) is 5.69 Å². The standard InChI is InChI=1S/C29H25N3O6S/c1-37-27-15-9-8-14-26(27)32(39(35,36)25-12-6-3-7-13-25)21-28(33)31-30-20-22-16-18-24(19-17-22)38-29(34)23-10-4-2-5-11-23/h2-20H,21H2,1H3,(H,31,33). The summed E-state index contributed by atoms with van der Waals surface area (Å²) in [6.45, 7) is -0.538. The number of ether oxygens (including phenoxy) is 2. The fourth-order valence-corrected chi connectivity index (χ4v) is 5.01. The van der Waals surface area contributed by atoms with Crippen LogP contribution in [0.3, 0.4) is 0 Å². The van der Waals surface area contributed by atoms with Crippen LogP contribution in [0.1, 0.15) is 15.9 Å². The van der Waals surface area contributed by atoms with Crippen LogP contribution < -0.4 is 19.2 Å². The van der Waals surface area contributed by atoms with Crippen molar-refractivity contribution in [2.75, 3.05) is 18.0 Å². The molecule has 0 aromatic heterocycles. The SMILES string of the molecule is COc1ccccc1N(CC(=O)NN=Cc1ccc(OC(=O)c2ccccc2)cc1)S(=O)(=O)c1ccccc1. The van der Waals surface area contributed by atoms with Crippen molar-refractivity contribution in [1.29, 1.82) is 0 Å². The number of amides is 1. The summed E-state index contributed by atoms with van der Waals surface area (Å²) in [5, 5.41) is 3.94. The van der Waals surface area contributed by atoms with Gasteiger partial charge in [0.1, 0.15) is 18.0 Å². The van der Waals surface area contributed by atoms with Crippen LogP contribution in [-0.2, 0) is 14.8 Å². The van der Waals surface area contributed by atoms with Crippen LogP contribution >= 0.6 is 0 Å². The summed E-state index contributed by atoms with van der Waals surface area (Å²) in [6.07, 6.45) is 1.39. The number of anilines is 1. The topological polar surface area (TPSA) is 114 Å². The van der Waals surface area contributed by atoms with E-state index in [0.29, 0.717) is 22.6 Å². The summed E-state index contributed by atoms with van der Waals surface area (Å²) in [4.78, 5) is 25.0. The first-order valence-corrected chi connectivity index (χ1v) is 13.2. The molecule has 0 bridgehead atoms. The summed E-state index contributed by atoms with van der Waals surface area (Å²) >= 11 is 0. The summed E-state index contributed by atoms with van der Waals surface area (Å²) < 4.78 is 38.6. The molecule has 198 valence electrons. The van der Waals surface area contributed by atoms with Crippen LogP contribution in [0.2, 0.25) is 0 Å². The maximum atomic E-state index is 13.4. The second kappa shape index (κ2) is 12.5. The van der Waals surface area contributed by atoms with Crippen molar-refractivity contribution in [3.63, 3.8) is 0 Å². The van der Waals surface area contributed by atoms with E-state index in [2.05, 4.69) is 10.5 Å². The van der Waals surface area contributed by atoms with Gasteiger partial charge in [0.05, 0.1) is 29.5 Å². The predicted octanol–water partition coefficient (Wildman–Crippen LogP) is 4.26. The monoisotopic (exact) mass is 543 g/mol. The molecule has 0 fully saturated rings. The zero-order valence-corrected chi connectivity index (χ0v) is 21.7. The summed E-state index contributed by atoms with van der Waals surface area (Å²) in [5.74, 6) is -0.496. The molecule has 0 spiro atoms. The Labute approximate surface area is 226 Å². The Morgan fingerprint density at radius 2 is 1.46 bits per heavy atom. The van der Waals surface area contributed by atoms with Crippen molar-refractivity contribution < 1.29 is 27.5 Å². The molecular formula is C29H25N3O6S. The van der Waals surface area contributed by atoms with E-state index in [-0.39, 0.29) is 10.6 Å². The zero-order chi connectivity index (χ0) is 27.7. The molecule has 0 saturated heterocycles. The molecule has 0 atom stereocenters. The van der Waals surface area contributed by atoms with Crippen LogP contribution in [0, 0.1) is 0 Å². The van der Waals surface area contributed by atoms with Gasteiger partial charge in [-0.1, -0.05) is 48.5 Å². The third-order valence-electron chi connectivity index (χ3n) is 5.48. The van der Waals surface area contributed by atoms with Crippen molar-refractivity contribution in [1.82, 2.24) is 5.43 Å². The molecule has 4 rings (SSSR count). The Morgan fingerprint density at radius 1 is 0.846 bits per heavy atom. The molecule has 0 aliphatic heterocycles. The minimum Gasteiger partial charge on any atom is -0.495 e. The third-order valence-corrected chi connectivity index (χ3v) is 7.25. The van der Waals surface area contributed by atoms with Gasteiger partial charge >= 0.3 is 5.97 Å². The number of sulfonamides is 1. The van der Waals surface area contributed by atoms with Crippen molar-refractivity contribution in [2.24, 2.45) is 5.10 Å². The highest BCUT2D eigenvalue weighted by molar-refractivity contribution is 7.92. The lowest BCUT2D eigenvalue weighted by atomic mass is 10.2. The Morgan fingerprint density at radius 3 is 2.13 bits per heavy atom. The summed E-state index contributed by atoms with van der Waals surface area (Å²) in [5.41, 5.74) is 3.62. The van der Waals surface area contributed by atoms with Crippen molar-refractivity contribution >= 4 is 33.8 Å². The Hall–Kier alpha value is -4.96. The second-order valence-electron chi connectivity index (χ2n) is 8.11. The van der Waals surface area contributed by atoms with Gasteiger partial charge in [-0.05, 0) is 66.2 Å². The van der Waals surface area contributed by atoms with Crippen molar-refractivity contribution in [3.8, 4) is 11.5 Å². The molecule has 0 radical (unpaired) electrons. The van der Waals surface area contributed by atoms with Crippen LogP contribution in [0.15, 0.2) is 119 Å². The number of benzene rings is 4. The minimum atomic E-state index is -4.09. The normalized spacial score (nSPS) is 11.1. The highest BCUT2D eigenvalue weighted by atomic mass is 32.2. The molecule has 0 aliphatic rings. The molecular weight excluding hydrogens is 518 g/mol. The van der Waals surface area contributed by atoms with Crippen LogP contribution in [0.5, 0.6) is 11.5 Å². The van der Waals surface area contributed by atoms with E-state index in [9.17, 15) is 18.0 Å². The van der Waals surface area contributed by atoms with Crippen molar-refractivity contribution in [3.05, 3.63) is 120 Å². The van der Waals surface area contributed by atoms with E-state index in [4.69, 9.17) is 9.47 Å². The number of rotatable bonds is 10. The number of para-hydroxylation sites is 2. The third kappa shape index (κ3) is 6.88. The van der Waals surface area contributed by atoms with E-state index in [0.717, 1.165) is 4.31 Å². The molecule has 4 aromatic carbocycles. The molecule has 0 saturated carbocycles. The number of methoxy groups -OCH3 is 1. The lowest BCUT2D eigenvalue weighted by Gasteiger charge is -2.25. The number of nitrogens with one attached hydrogen (secondary N) is 1. The number of hydrogen-bond acceptors (Lipinski definition) is 7. The quantitative estimate of drug-likeness (QED) is 0.138. The van der Waals surface area contributed by atoms with Gasteiger partial charge in [0.25, 0.3) is 15.9 Å². The number of hydrazone groups is 1. The van der Waals surface area contributed by atoms with Gasteiger partial charge in [-0.2, -0.15) is 5.10 Å². The van der Waals surface area contributed by atoms with Gasteiger partial charge in [0.15, 0.2) is 0 Å². The van der Waals surface area contributed by atoms with Gasteiger partial charge in [0, 0.05) is 0 Å². The van der Waals surface area contributed by atoms with E-state index >= 15 is 0 Å². The fraction of sp³-hybridized carbons (Fsp3) is 0.0690. The van der Waals surface area contributed by atoms with Crippen LogP contribution in [-0.4, -0.2) is 40.2 Å². The van der Waals surface area contributed by atoms with Gasteiger partial charge < -0.3 is 9.47 Å². The smallest absolute Gasteiger partial charge is 0.343 e. The van der Waals surface area contributed by atoms with E-state index in [1.165, 1.54) is 25.5 Å². The first-order valence-electron chi connectivity index (χ1n) is 11.8. The maximum absolute atomic E-state index is 13.4. The highest BCUT2D eigenvalue weighted by Gasteiger charge is 2.29. The largest absolute Gasteiger partial charge is 0.495 e. The lowest BCUT2D eigenvalue weighted by molar-refractivity contribution is -0.119. The summed E-state index contributed by atoms with van der Waals surface area (Å²) in [7, 11) is -2.67. The van der Waals surface area contributed by atoms with E-state index in [1.807, 2.05) is 6.07 Å². The molecule has 0 heterocycles. The van der Waals surface area contributed by atoms with Gasteiger partial charge in [-0.3, -0.25) is 9.10 Å². The number of esters is 1. The second-order valence-corrected chi connectivity index (χ2v) is 9.98. The molecule has 1 amide bonds. The number of nitrogens with zero attached hydrogens (tertiary/aromatic N) is 2. The molecule has 0 aliphatic carbocycles. The average molecular weight is 544 g/mol. The van der Waals surface area contributed by atoms with Gasteiger partial charge in [-0.15, -0.1) is 0 Å². The lowest BCUT2D eigenvalue weighted by Crippen LogP contribution is -2.39. The van der Waals surface area contributed by atoms with E-state index in [1.54, 1.807) is 91.0 Å².